The van der Waals surface area contributed by atoms with Crippen molar-refractivity contribution in [3.8, 4) is 0 Å². The number of epoxide rings is 1. The van der Waals surface area contributed by atoms with Gasteiger partial charge < -0.3 is 20.1 Å². The molecule has 0 saturated carbocycles. The lowest BCUT2D eigenvalue weighted by molar-refractivity contribution is -0.845. The molecule has 0 bridgehead atoms. The third-order valence-corrected chi connectivity index (χ3v) is 4.87. The second-order valence-electron chi connectivity index (χ2n) is 7.18. The summed E-state index contributed by atoms with van der Waals surface area (Å²) in [6, 6.07) is 0. The number of nitro groups is 6. The van der Waals surface area contributed by atoms with E-state index < -0.39 is 90.5 Å². The molecule has 0 spiro atoms. The maximum absolute atomic E-state index is 14.8. The fourth-order valence-corrected chi connectivity index (χ4v) is 3.10. The van der Waals surface area contributed by atoms with Crippen LogP contribution in [0.4, 0.5) is 13.2 Å². The lowest BCUT2D eigenvalue weighted by atomic mass is 9.76. The summed E-state index contributed by atoms with van der Waals surface area (Å²) in [6.07, 6.45) is -13.4. The molecule has 1 heterocycles. The third-order valence-electron chi connectivity index (χ3n) is 4.87. The van der Waals surface area contributed by atoms with Gasteiger partial charge in [0.15, 0.2) is 19.3 Å². The Morgan fingerprint density at radius 3 is 1.17 bits per heavy atom. The highest BCUT2D eigenvalue weighted by molar-refractivity contribution is 5.13. The molecule has 0 radical (unpaired) electrons. The lowest BCUT2D eigenvalue weighted by Gasteiger charge is -2.39. The molecule has 1 fully saturated rings. The van der Waals surface area contributed by atoms with Gasteiger partial charge in [-0.25, -0.2) is 0 Å². The van der Waals surface area contributed by atoms with E-state index in [0.717, 1.165) is 0 Å². The largest absolute Gasteiger partial charge is 0.616 e. The van der Waals surface area contributed by atoms with Crippen LogP contribution in [0.3, 0.4) is 0 Å². The third kappa shape index (κ3) is 5.15. The number of alkyl halides is 3. The number of aliphatic hydroxyl groups is 3. The second-order valence-corrected chi connectivity index (χ2v) is 7.18. The summed E-state index contributed by atoms with van der Waals surface area (Å²) < 4.78 is 52.4. The number of hydrogen-bond donors (Lipinski definition) is 3. The van der Waals surface area contributed by atoms with Crippen molar-refractivity contribution in [2.45, 2.75) is 54.4 Å². The highest BCUT2D eigenvalue weighted by Crippen LogP contribution is 2.55. The van der Waals surface area contributed by atoms with Gasteiger partial charge in [0.05, 0.1) is 6.61 Å². The molecular formula is C10H11F3N6O17. The Kier molecular flexibility index (Phi) is 7.41. The minimum atomic E-state index is -5.32. The Hall–Kier alpha value is -4.01. The first kappa shape index (κ1) is 30.0. The van der Waals surface area contributed by atoms with Gasteiger partial charge in [-0.1, -0.05) is 13.2 Å². The van der Waals surface area contributed by atoms with E-state index in [2.05, 4.69) is 9.47 Å². The van der Waals surface area contributed by atoms with Crippen LogP contribution in [0, 0.1) is 60.7 Å². The minimum Gasteiger partial charge on any atom is -0.366 e. The molecule has 0 amide bonds. The molecule has 1 atom stereocenters. The summed E-state index contributed by atoms with van der Waals surface area (Å²) in [5, 5.41) is 93.5. The summed E-state index contributed by atoms with van der Waals surface area (Å²) >= 11 is 0. The van der Waals surface area contributed by atoms with Crippen LogP contribution in [0.15, 0.2) is 0 Å². The molecule has 1 aliphatic rings. The fraction of sp³-hybridized carbons (Fsp3) is 1.00. The standard InChI is InChI=1S/C10H11F3N6O17/c11-7(14(23)24,15(25)26)1-5(36-10(20,21)22,2-8(12,16(27)28)17(29)30)6(4-35-6)3-9(13,18(31)32)19(33)34/h20-22H,1-4H2. The van der Waals surface area contributed by atoms with E-state index in [1.165, 1.54) is 0 Å². The Morgan fingerprint density at radius 2 is 0.972 bits per heavy atom. The average molecular weight is 544 g/mol. The molecule has 1 rings (SSSR count). The highest BCUT2D eigenvalue weighted by atomic mass is 19.2. The number of halogens is 3. The molecule has 204 valence electrons. The Morgan fingerprint density at radius 1 is 0.694 bits per heavy atom. The van der Waals surface area contributed by atoms with Crippen molar-refractivity contribution in [1.82, 2.24) is 0 Å². The molecular weight excluding hydrogens is 533 g/mol. The molecule has 1 saturated heterocycles. The predicted molar refractivity (Wildman–Crippen MR) is 89.2 cm³/mol. The van der Waals surface area contributed by atoms with Crippen LogP contribution in [-0.2, 0) is 9.47 Å². The van der Waals surface area contributed by atoms with Gasteiger partial charge in [0, 0.05) is 0 Å². The van der Waals surface area contributed by atoms with Gasteiger partial charge in [-0.05, 0) is 0 Å². The van der Waals surface area contributed by atoms with Crippen molar-refractivity contribution in [2.75, 3.05) is 6.61 Å². The van der Waals surface area contributed by atoms with E-state index in [1.54, 1.807) is 0 Å². The van der Waals surface area contributed by atoms with Crippen molar-refractivity contribution >= 4 is 0 Å². The van der Waals surface area contributed by atoms with Crippen LogP contribution in [-0.4, -0.2) is 86.6 Å². The Balaban J connectivity index is 4.09. The van der Waals surface area contributed by atoms with Gasteiger partial charge in [0.1, 0.15) is 40.7 Å². The summed E-state index contributed by atoms with van der Waals surface area (Å²) in [7, 11) is 0. The van der Waals surface area contributed by atoms with Gasteiger partial charge in [-0.3, -0.25) is 65.4 Å². The number of hydrogen-bond acceptors (Lipinski definition) is 17. The summed E-state index contributed by atoms with van der Waals surface area (Å²) in [5.41, 5.74) is -8.16. The zero-order valence-electron chi connectivity index (χ0n) is 16.7. The topological polar surface area (TPSA) is 341 Å². The molecule has 23 nitrogen and oxygen atoms in total. The van der Waals surface area contributed by atoms with Crippen LogP contribution < -0.4 is 0 Å². The minimum absolute atomic E-state index is 1.59. The fourth-order valence-electron chi connectivity index (χ4n) is 3.10. The van der Waals surface area contributed by atoms with Gasteiger partial charge >= 0.3 is 23.9 Å². The first-order valence-corrected chi connectivity index (χ1v) is 8.40. The number of rotatable bonds is 15. The summed E-state index contributed by atoms with van der Waals surface area (Å²) in [6.45, 7) is -1.59. The molecule has 0 aromatic carbocycles. The molecule has 0 aromatic heterocycles. The Bertz CT molecular complexity index is 914. The number of nitrogens with zero attached hydrogens (tertiary/aromatic N) is 6. The molecule has 0 aliphatic carbocycles. The number of ether oxygens (including phenoxy) is 2. The van der Waals surface area contributed by atoms with Crippen LogP contribution in [0.1, 0.15) is 19.3 Å². The Labute approximate surface area is 190 Å². The molecule has 0 aromatic rings. The van der Waals surface area contributed by atoms with E-state index in [4.69, 9.17) is 15.3 Å². The van der Waals surface area contributed by atoms with E-state index >= 15 is 0 Å². The van der Waals surface area contributed by atoms with Gasteiger partial charge in [-0.2, -0.15) is 0 Å². The van der Waals surface area contributed by atoms with Gasteiger partial charge in [-0.15, -0.1) is 0 Å². The van der Waals surface area contributed by atoms with Crippen LogP contribution in [0.2, 0.25) is 0 Å². The maximum atomic E-state index is 14.8. The van der Waals surface area contributed by atoms with E-state index in [1.807, 2.05) is 0 Å². The monoisotopic (exact) mass is 544 g/mol. The molecule has 26 heteroatoms. The SMILES string of the molecule is O=[N+]([O-])C(F)(CC1(C(CC(F)([N+](=O)[O-])[N+](=O)[O-])(CC(F)([N+](=O)[O-])[N+](=O)[O-])OC(O)(O)O)CO1)[N+](=O)[O-]. The zero-order valence-corrected chi connectivity index (χ0v) is 16.7. The van der Waals surface area contributed by atoms with Crippen molar-refractivity contribution in [3.63, 3.8) is 0 Å². The average Bonchev–Trinajstić information content (AvgIpc) is 3.46. The predicted octanol–water partition coefficient (Wildman–Crippen LogP) is -2.20. The van der Waals surface area contributed by atoms with Crippen LogP contribution in [0.5, 0.6) is 0 Å². The van der Waals surface area contributed by atoms with Crippen molar-refractivity contribution < 1.29 is 67.5 Å². The first-order chi connectivity index (χ1) is 15.9. The first-order valence-electron chi connectivity index (χ1n) is 8.40. The van der Waals surface area contributed by atoms with Gasteiger partial charge in [0.2, 0.25) is 0 Å². The second kappa shape index (κ2) is 8.89. The van der Waals surface area contributed by atoms with Crippen molar-refractivity contribution in [2.24, 2.45) is 0 Å². The van der Waals surface area contributed by atoms with Gasteiger partial charge in [0.25, 0.3) is 0 Å². The van der Waals surface area contributed by atoms with Crippen LogP contribution >= 0.6 is 0 Å². The van der Waals surface area contributed by atoms with Crippen LogP contribution in [0.25, 0.3) is 0 Å². The van der Waals surface area contributed by atoms with E-state index in [0.29, 0.717) is 0 Å². The van der Waals surface area contributed by atoms with Crippen molar-refractivity contribution in [1.29, 1.82) is 0 Å². The highest BCUT2D eigenvalue weighted by Gasteiger charge is 2.83. The summed E-state index contributed by atoms with van der Waals surface area (Å²) in [5.74, 6) is -15.7. The normalized spacial score (nSPS) is 18.8. The summed E-state index contributed by atoms with van der Waals surface area (Å²) in [4.78, 5) is 51.4. The molecule has 1 unspecified atom stereocenters. The lowest BCUT2D eigenvalue weighted by Crippen LogP contribution is -2.65. The van der Waals surface area contributed by atoms with Crippen molar-refractivity contribution in [3.05, 3.63) is 60.7 Å². The molecule has 36 heavy (non-hydrogen) atoms. The maximum Gasteiger partial charge on any atom is 0.616 e. The van der Waals surface area contributed by atoms with E-state index in [-0.39, 0.29) is 0 Å². The zero-order chi connectivity index (χ0) is 28.7. The smallest absolute Gasteiger partial charge is 0.366 e. The van der Waals surface area contributed by atoms with E-state index in [9.17, 15) is 73.9 Å². The molecule has 3 N–H and O–H groups in total. The quantitative estimate of drug-likeness (QED) is 0.0647. The molecule has 1 aliphatic heterocycles.